The first-order valence-corrected chi connectivity index (χ1v) is 10.8. The van der Waals surface area contributed by atoms with Gasteiger partial charge in [-0.15, -0.1) is 0 Å². The number of carboxylic acids is 1. The van der Waals surface area contributed by atoms with Crippen LogP contribution in [0.5, 0.6) is 0 Å². The number of carbonyl (C=O) groups excluding carboxylic acids is 2. The fraction of sp³-hybridized carbons (Fsp3) is 0.375. The van der Waals surface area contributed by atoms with Gasteiger partial charge in [0.05, 0.1) is 24.8 Å². The standard InChI is InChI=1S/C24H27N3O5/c1-16-21(23(30)26-11-13-32-14-12-26)22(25-24(31)27(16)10-4-7-20(28)29)19-9-8-17-5-2-3-6-18(17)15-19/h2-3,5-6,8-9,15,22H,4,7,10-14H2,1H3,(H,25,31)(H,28,29)/t22-/m1/s1. The van der Waals surface area contributed by atoms with Gasteiger partial charge in [-0.25, -0.2) is 4.79 Å². The summed E-state index contributed by atoms with van der Waals surface area (Å²) in [5.74, 6) is -1.05. The van der Waals surface area contributed by atoms with Crippen molar-refractivity contribution in [2.24, 2.45) is 0 Å². The lowest BCUT2D eigenvalue weighted by Gasteiger charge is -2.38. The van der Waals surface area contributed by atoms with Crippen molar-refractivity contribution in [1.29, 1.82) is 0 Å². The zero-order chi connectivity index (χ0) is 22.7. The Morgan fingerprint density at radius 3 is 2.56 bits per heavy atom. The van der Waals surface area contributed by atoms with Gasteiger partial charge in [0.1, 0.15) is 0 Å². The van der Waals surface area contributed by atoms with Crippen molar-refractivity contribution in [2.45, 2.75) is 25.8 Å². The Kier molecular flexibility index (Phi) is 6.41. The van der Waals surface area contributed by atoms with Crippen LogP contribution in [0.15, 0.2) is 53.7 Å². The zero-order valence-electron chi connectivity index (χ0n) is 18.0. The molecule has 0 aromatic heterocycles. The van der Waals surface area contributed by atoms with Gasteiger partial charge in [-0.3, -0.25) is 14.5 Å². The molecule has 2 aliphatic heterocycles. The molecule has 0 bridgehead atoms. The van der Waals surface area contributed by atoms with Gasteiger partial charge >= 0.3 is 12.0 Å². The average Bonchev–Trinajstić information content (AvgIpc) is 2.80. The highest BCUT2D eigenvalue weighted by atomic mass is 16.5. The number of carbonyl (C=O) groups is 3. The number of rotatable bonds is 6. The van der Waals surface area contributed by atoms with E-state index in [0.29, 0.717) is 44.0 Å². The topological polar surface area (TPSA) is 99.2 Å². The molecule has 4 rings (SSSR count). The summed E-state index contributed by atoms with van der Waals surface area (Å²) >= 11 is 0. The van der Waals surface area contributed by atoms with E-state index in [2.05, 4.69) is 5.32 Å². The second kappa shape index (κ2) is 9.40. The van der Waals surface area contributed by atoms with Crippen LogP contribution in [-0.4, -0.2) is 65.7 Å². The smallest absolute Gasteiger partial charge is 0.322 e. The summed E-state index contributed by atoms with van der Waals surface area (Å²) in [7, 11) is 0. The van der Waals surface area contributed by atoms with Crippen LogP contribution in [0.3, 0.4) is 0 Å². The second-order valence-electron chi connectivity index (χ2n) is 8.04. The maximum Gasteiger partial charge on any atom is 0.322 e. The van der Waals surface area contributed by atoms with Crippen molar-refractivity contribution in [2.75, 3.05) is 32.8 Å². The first-order valence-electron chi connectivity index (χ1n) is 10.8. The molecule has 3 amide bonds. The van der Waals surface area contributed by atoms with Crippen molar-refractivity contribution >= 4 is 28.7 Å². The molecular weight excluding hydrogens is 410 g/mol. The third-order valence-electron chi connectivity index (χ3n) is 6.00. The van der Waals surface area contributed by atoms with E-state index in [1.165, 1.54) is 4.90 Å². The summed E-state index contributed by atoms with van der Waals surface area (Å²) in [6.07, 6.45) is 0.262. The number of ether oxygens (including phenoxy) is 1. The van der Waals surface area contributed by atoms with E-state index in [4.69, 9.17) is 9.84 Å². The minimum Gasteiger partial charge on any atom is -0.481 e. The van der Waals surface area contributed by atoms with E-state index in [-0.39, 0.29) is 24.9 Å². The molecule has 8 heteroatoms. The van der Waals surface area contributed by atoms with Crippen molar-refractivity contribution in [3.8, 4) is 0 Å². The van der Waals surface area contributed by atoms with E-state index < -0.39 is 12.0 Å². The highest BCUT2D eigenvalue weighted by Gasteiger charge is 2.37. The van der Waals surface area contributed by atoms with E-state index in [0.717, 1.165) is 16.3 Å². The van der Waals surface area contributed by atoms with Gasteiger partial charge in [0.25, 0.3) is 5.91 Å². The molecule has 2 heterocycles. The number of urea groups is 1. The minimum atomic E-state index is -0.914. The van der Waals surface area contributed by atoms with Crippen LogP contribution < -0.4 is 5.32 Å². The monoisotopic (exact) mass is 437 g/mol. The Morgan fingerprint density at radius 2 is 1.84 bits per heavy atom. The van der Waals surface area contributed by atoms with Gasteiger partial charge in [-0.1, -0.05) is 36.4 Å². The average molecular weight is 437 g/mol. The molecule has 1 saturated heterocycles. The number of allylic oxidation sites excluding steroid dienone is 1. The summed E-state index contributed by atoms with van der Waals surface area (Å²) in [6.45, 7) is 3.94. The van der Waals surface area contributed by atoms with E-state index in [1.54, 1.807) is 11.8 Å². The molecule has 168 valence electrons. The van der Waals surface area contributed by atoms with E-state index in [1.807, 2.05) is 42.5 Å². The molecule has 0 unspecified atom stereocenters. The summed E-state index contributed by atoms with van der Waals surface area (Å²) in [5.41, 5.74) is 1.91. The number of carboxylic acid groups (broad SMARTS) is 1. The van der Waals surface area contributed by atoms with Gasteiger partial charge in [0.15, 0.2) is 0 Å². The largest absolute Gasteiger partial charge is 0.481 e. The fourth-order valence-corrected chi connectivity index (χ4v) is 4.29. The number of hydrogen-bond acceptors (Lipinski definition) is 4. The lowest BCUT2D eigenvalue weighted by Crippen LogP contribution is -2.51. The van der Waals surface area contributed by atoms with Crippen LogP contribution in [0, 0.1) is 0 Å². The molecule has 2 N–H and O–H groups in total. The van der Waals surface area contributed by atoms with Crippen LogP contribution in [0.1, 0.15) is 31.4 Å². The lowest BCUT2D eigenvalue weighted by atomic mass is 9.92. The van der Waals surface area contributed by atoms with Gasteiger partial charge in [-0.05, 0) is 35.7 Å². The highest BCUT2D eigenvalue weighted by Crippen LogP contribution is 2.33. The molecular formula is C24H27N3O5. The van der Waals surface area contributed by atoms with Gasteiger partial charge < -0.3 is 20.1 Å². The summed E-state index contributed by atoms with van der Waals surface area (Å²) in [6, 6.07) is 13.0. The van der Waals surface area contributed by atoms with Crippen molar-refractivity contribution in [1.82, 2.24) is 15.1 Å². The quantitative estimate of drug-likeness (QED) is 0.724. The van der Waals surface area contributed by atoms with Crippen molar-refractivity contribution < 1.29 is 24.2 Å². The van der Waals surface area contributed by atoms with Crippen LogP contribution in [0.2, 0.25) is 0 Å². The first-order chi connectivity index (χ1) is 15.5. The molecule has 2 aromatic rings. The van der Waals surface area contributed by atoms with E-state index >= 15 is 0 Å². The summed E-state index contributed by atoms with van der Waals surface area (Å²) < 4.78 is 5.39. The lowest BCUT2D eigenvalue weighted by molar-refractivity contribution is -0.137. The predicted molar refractivity (Wildman–Crippen MR) is 119 cm³/mol. The van der Waals surface area contributed by atoms with Crippen LogP contribution >= 0.6 is 0 Å². The van der Waals surface area contributed by atoms with Crippen molar-refractivity contribution in [3.05, 3.63) is 59.3 Å². The third-order valence-corrected chi connectivity index (χ3v) is 6.00. The molecule has 8 nitrogen and oxygen atoms in total. The molecule has 32 heavy (non-hydrogen) atoms. The zero-order valence-corrected chi connectivity index (χ0v) is 18.0. The number of nitrogens with zero attached hydrogens (tertiary/aromatic N) is 2. The van der Waals surface area contributed by atoms with Gasteiger partial charge in [-0.2, -0.15) is 0 Å². The molecule has 0 spiro atoms. The van der Waals surface area contributed by atoms with Gasteiger partial charge in [0, 0.05) is 31.8 Å². The minimum absolute atomic E-state index is 0.0437. The van der Waals surface area contributed by atoms with Crippen LogP contribution in [0.4, 0.5) is 4.79 Å². The molecule has 0 aliphatic carbocycles. The van der Waals surface area contributed by atoms with Crippen molar-refractivity contribution in [3.63, 3.8) is 0 Å². The Labute approximate surface area is 186 Å². The van der Waals surface area contributed by atoms with Gasteiger partial charge in [0.2, 0.25) is 0 Å². The Bertz CT molecular complexity index is 1070. The molecule has 1 fully saturated rings. The van der Waals surface area contributed by atoms with E-state index in [9.17, 15) is 14.4 Å². The predicted octanol–water partition coefficient (Wildman–Crippen LogP) is 2.90. The van der Waals surface area contributed by atoms with Crippen LogP contribution in [0.25, 0.3) is 10.8 Å². The molecule has 2 aromatic carbocycles. The molecule has 2 aliphatic rings. The Balaban J connectivity index is 1.72. The Morgan fingerprint density at radius 1 is 1.12 bits per heavy atom. The number of aliphatic carboxylic acids is 1. The number of morpholine rings is 1. The summed E-state index contributed by atoms with van der Waals surface area (Å²) in [5, 5.41) is 14.1. The number of nitrogens with one attached hydrogen (secondary N) is 1. The Hall–Kier alpha value is -3.39. The summed E-state index contributed by atoms with van der Waals surface area (Å²) in [4.78, 5) is 40.7. The number of fused-ring (bicyclic) bond motifs is 1. The highest BCUT2D eigenvalue weighted by molar-refractivity contribution is 5.99. The third kappa shape index (κ3) is 4.45. The molecule has 1 atom stereocenters. The maximum absolute atomic E-state index is 13.6. The number of hydrogen-bond donors (Lipinski definition) is 2. The normalized spacial score (nSPS) is 19.3. The first kappa shape index (κ1) is 21.8. The number of benzene rings is 2. The fourth-order valence-electron chi connectivity index (χ4n) is 4.29. The second-order valence-corrected chi connectivity index (χ2v) is 8.04. The maximum atomic E-state index is 13.6. The SMILES string of the molecule is CC1=C(C(=O)N2CCOCC2)[C@@H](c2ccc3ccccc3c2)NC(=O)N1CCCC(=O)O. The van der Waals surface area contributed by atoms with Crippen LogP contribution in [-0.2, 0) is 14.3 Å². The molecule has 0 radical (unpaired) electrons. The number of amides is 3. The molecule has 0 saturated carbocycles.